The van der Waals surface area contributed by atoms with Crippen LogP contribution in [0.15, 0.2) is 70.1 Å². The summed E-state index contributed by atoms with van der Waals surface area (Å²) in [7, 11) is 0. The summed E-state index contributed by atoms with van der Waals surface area (Å²) in [6, 6.07) is 16.2. The zero-order valence-electron chi connectivity index (χ0n) is 11.3. The van der Waals surface area contributed by atoms with Crippen molar-refractivity contribution in [3.8, 4) is 11.5 Å². The summed E-state index contributed by atoms with van der Waals surface area (Å²) < 4.78 is 16.5. The topological polar surface area (TPSA) is 48.7 Å². The molecule has 0 amide bonds. The van der Waals surface area contributed by atoms with Gasteiger partial charge in [-0.1, -0.05) is 24.3 Å². The molecule has 3 rings (SSSR count). The minimum atomic E-state index is -0.115. The van der Waals surface area contributed by atoms with Gasteiger partial charge in [-0.2, -0.15) is 0 Å². The first-order valence-corrected chi connectivity index (χ1v) is 6.66. The molecule has 0 spiro atoms. The van der Waals surface area contributed by atoms with Crippen molar-refractivity contribution in [3.05, 3.63) is 71.1 Å². The van der Waals surface area contributed by atoms with Gasteiger partial charge in [0.1, 0.15) is 35.7 Å². The molecule has 0 radical (unpaired) electrons. The third-order valence-electron chi connectivity index (χ3n) is 3.00. The van der Waals surface area contributed by atoms with E-state index in [1.165, 1.54) is 12.3 Å². The molecule has 4 heteroatoms. The van der Waals surface area contributed by atoms with E-state index in [9.17, 15) is 4.79 Å². The molecule has 4 nitrogen and oxygen atoms in total. The Kier molecular flexibility index (Phi) is 3.87. The molecule has 0 saturated heterocycles. The van der Waals surface area contributed by atoms with Crippen LogP contribution < -0.4 is 14.9 Å². The Morgan fingerprint density at radius 2 is 1.67 bits per heavy atom. The summed E-state index contributed by atoms with van der Waals surface area (Å²) in [4.78, 5) is 11.9. The van der Waals surface area contributed by atoms with Crippen LogP contribution in [0.3, 0.4) is 0 Å². The Labute approximate surface area is 121 Å². The third-order valence-corrected chi connectivity index (χ3v) is 3.00. The molecule has 0 aliphatic heterocycles. The molecular weight excluding hydrogens is 268 g/mol. The van der Waals surface area contributed by atoms with E-state index < -0.39 is 0 Å². The molecule has 0 saturated carbocycles. The maximum Gasteiger partial charge on any atom is 0.196 e. The molecular formula is C17H14O4. The molecule has 21 heavy (non-hydrogen) atoms. The van der Waals surface area contributed by atoms with Crippen LogP contribution in [0.1, 0.15) is 0 Å². The highest BCUT2D eigenvalue weighted by molar-refractivity contribution is 5.82. The normalized spacial score (nSPS) is 10.5. The molecule has 0 atom stereocenters. The van der Waals surface area contributed by atoms with E-state index in [0.717, 1.165) is 5.75 Å². The standard InChI is InChI=1S/C17H14O4/c18-14-9-10-20-15-7-4-8-16(17(14)15)21-12-11-19-13-5-2-1-3-6-13/h1-10H,11-12H2. The van der Waals surface area contributed by atoms with Gasteiger partial charge in [0.15, 0.2) is 5.43 Å². The summed E-state index contributed by atoms with van der Waals surface area (Å²) in [5.41, 5.74) is 0.403. The molecule has 0 aliphatic carbocycles. The highest BCUT2D eigenvalue weighted by Gasteiger charge is 2.07. The number of ether oxygens (including phenoxy) is 2. The Morgan fingerprint density at radius 3 is 2.52 bits per heavy atom. The quantitative estimate of drug-likeness (QED) is 0.674. The lowest BCUT2D eigenvalue weighted by atomic mass is 10.2. The second-order valence-electron chi connectivity index (χ2n) is 4.42. The number of benzene rings is 2. The van der Waals surface area contributed by atoms with E-state index in [1.807, 2.05) is 30.3 Å². The highest BCUT2D eigenvalue weighted by atomic mass is 16.5. The van der Waals surface area contributed by atoms with Crippen LogP contribution in [0.25, 0.3) is 11.0 Å². The minimum absolute atomic E-state index is 0.115. The van der Waals surface area contributed by atoms with Crippen molar-refractivity contribution < 1.29 is 13.9 Å². The summed E-state index contributed by atoms with van der Waals surface area (Å²) in [5, 5.41) is 0.458. The summed E-state index contributed by atoms with van der Waals surface area (Å²) in [6.07, 6.45) is 1.38. The van der Waals surface area contributed by atoms with E-state index in [2.05, 4.69) is 0 Å². The van der Waals surface area contributed by atoms with Crippen molar-refractivity contribution in [1.82, 2.24) is 0 Å². The average molecular weight is 282 g/mol. The van der Waals surface area contributed by atoms with E-state index in [4.69, 9.17) is 13.9 Å². The zero-order valence-corrected chi connectivity index (χ0v) is 11.3. The fourth-order valence-corrected chi connectivity index (χ4v) is 2.05. The Bertz CT molecular complexity index is 772. The monoisotopic (exact) mass is 282 g/mol. The van der Waals surface area contributed by atoms with Crippen molar-refractivity contribution in [1.29, 1.82) is 0 Å². The van der Waals surface area contributed by atoms with Gasteiger partial charge >= 0.3 is 0 Å². The summed E-state index contributed by atoms with van der Waals surface area (Å²) in [5.74, 6) is 1.30. The summed E-state index contributed by atoms with van der Waals surface area (Å²) in [6.45, 7) is 0.751. The van der Waals surface area contributed by atoms with Crippen molar-refractivity contribution in [2.24, 2.45) is 0 Å². The van der Waals surface area contributed by atoms with Gasteiger partial charge in [0.2, 0.25) is 0 Å². The fourth-order valence-electron chi connectivity index (χ4n) is 2.05. The molecule has 0 unspecified atom stereocenters. The first-order valence-electron chi connectivity index (χ1n) is 6.66. The minimum Gasteiger partial charge on any atom is -0.490 e. The van der Waals surface area contributed by atoms with Gasteiger partial charge in [-0.25, -0.2) is 0 Å². The van der Waals surface area contributed by atoms with Crippen LogP contribution in [0.2, 0.25) is 0 Å². The van der Waals surface area contributed by atoms with Crippen molar-refractivity contribution in [2.75, 3.05) is 13.2 Å². The van der Waals surface area contributed by atoms with Gasteiger partial charge in [0.25, 0.3) is 0 Å². The van der Waals surface area contributed by atoms with E-state index in [-0.39, 0.29) is 5.43 Å². The molecule has 1 aromatic heterocycles. The number of hydrogen-bond acceptors (Lipinski definition) is 4. The van der Waals surface area contributed by atoms with Gasteiger partial charge in [-0.05, 0) is 24.3 Å². The number of rotatable bonds is 5. The van der Waals surface area contributed by atoms with Gasteiger partial charge in [0, 0.05) is 6.07 Å². The molecule has 0 N–H and O–H groups in total. The first-order chi connectivity index (χ1) is 10.3. The van der Waals surface area contributed by atoms with Crippen LogP contribution >= 0.6 is 0 Å². The molecule has 3 aromatic rings. The molecule has 0 aliphatic rings. The zero-order chi connectivity index (χ0) is 14.5. The van der Waals surface area contributed by atoms with Crippen LogP contribution in [0.4, 0.5) is 0 Å². The van der Waals surface area contributed by atoms with E-state index in [1.54, 1.807) is 18.2 Å². The molecule has 0 bridgehead atoms. The van der Waals surface area contributed by atoms with Crippen LogP contribution in [-0.4, -0.2) is 13.2 Å². The smallest absolute Gasteiger partial charge is 0.196 e. The lowest BCUT2D eigenvalue weighted by Crippen LogP contribution is -2.10. The first kappa shape index (κ1) is 13.2. The number of para-hydroxylation sites is 1. The van der Waals surface area contributed by atoms with Gasteiger partial charge in [-0.15, -0.1) is 0 Å². The second kappa shape index (κ2) is 6.13. The lowest BCUT2D eigenvalue weighted by molar-refractivity contribution is 0.218. The van der Waals surface area contributed by atoms with Crippen LogP contribution in [0, 0.1) is 0 Å². The average Bonchev–Trinajstić information content (AvgIpc) is 2.53. The highest BCUT2D eigenvalue weighted by Crippen LogP contribution is 2.22. The van der Waals surface area contributed by atoms with Gasteiger partial charge in [-0.3, -0.25) is 4.79 Å². The second-order valence-corrected chi connectivity index (χ2v) is 4.42. The number of fused-ring (bicyclic) bond motifs is 1. The van der Waals surface area contributed by atoms with Crippen molar-refractivity contribution in [2.45, 2.75) is 0 Å². The fraction of sp³-hybridized carbons (Fsp3) is 0.118. The van der Waals surface area contributed by atoms with E-state index >= 15 is 0 Å². The van der Waals surface area contributed by atoms with Gasteiger partial charge < -0.3 is 13.9 Å². The van der Waals surface area contributed by atoms with Crippen LogP contribution in [0.5, 0.6) is 11.5 Å². The molecule has 106 valence electrons. The molecule has 1 heterocycles. The van der Waals surface area contributed by atoms with Gasteiger partial charge in [0.05, 0.1) is 6.26 Å². The third kappa shape index (κ3) is 3.05. The van der Waals surface area contributed by atoms with Crippen molar-refractivity contribution in [3.63, 3.8) is 0 Å². The maximum absolute atomic E-state index is 11.9. The Hall–Kier alpha value is -2.75. The van der Waals surface area contributed by atoms with Crippen molar-refractivity contribution >= 4 is 11.0 Å². The molecule has 0 fully saturated rings. The number of hydrogen-bond donors (Lipinski definition) is 0. The van der Waals surface area contributed by atoms with E-state index in [0.29, 0.717) is 29.9 Å². The SMILES string of the molecule is O=c1ccoc2cccc(OCCOc3ccccc3)c12. The van der Waals surface area contributed by atoms with Crippen LogP contribution in [-0.2, 0) is 0 Å². The Balaban J connectivity index is 1.67. The largest absolute Gasteiger partial charge is 0.490 e. The predicted molar refractivity (Wildman–Crippen MR) is 79.9 cm³/mol. The maximum atomic E-state index is 11.9. The predicted octanol–water partition coefficient (Wildman–Crippen LogP) is 3.25. The summed E-state index contributed by atoms with van der Waals surface area (Å²) >= 11 is 0. The molecule has 2 aromatic carbocycles. The lowest BCUT2D eigenvalue weighted by Gasteiger charge is -2.09. The Morgan fingerprint density at radius 1 is 0.857 bits per heavy atom.